The highest BCUT2D eigenvalue weighted by molar-refractivity contribution is 7.08. The van der Waals surface area contributed by atoms with Gasteiger partial charge in [0.1, 0.15) is 5.75 Å². The normalized spacial score (nSPS) is 12.2. The first-order valence-corrected chi connectivity index (χ1v) is 7.75. The van der Waals surface area contributed by atoms with Crippen molar-refractivity contribution in [1.29, 1.82) is 0 Å². The summed E-state index contributed by atoms with van der Waals surface area (Å²) in [5, 5.41) is 16.5. The summed E-state index contributed by atoms with van der Waals surface area (Å²) >= 11 is 1.47. The molecule has 1 heterocycles. The molecule has 1 atom stereocenters. The number of carbonyl (C=O) groups is 1. The lowest BCUT2D eigenvalue weighted by Crippen LogP contribution is -2.28. The van der Waals surface area contributed by atoms with Crippen LogP contribution in [-0.2, 0) is 0 Å². The van der Waals surface area contributed by atoms with E-state index in [0.29, 0.717) is 11.3 Å². The Morgan fingerprint density at radius 3 is 2.86 bits per heavy atom. The van der Waals surface area contributed by atoms with Gasteiger partial charge >= 0.3 is 0 Å². The number of carbonyl (C=O) groups excluding carboxylic acids is 1. The third-order valence-corrected chi connectivity index (χ3v) is 3.54. The molecule has 4 nitrogen and oxygen atoms in total. The van der Waals surface area contributed by atoms with E-state index in [0.717, 1.165) is 5.56 Å². The molecule has 0 aliphatic carbocycles. The van der Waals surface area contributed by atoms with Gasteiger partial charge in [0.2, 0.25) is 0 Å². The molecular weight excluding hydrogens is 286 g/mol. The first kappa shape index (κ1) is 15.5. The van der Waals surface area contributed by atoms with E-state index in [-0.39, 0.29) is 18.6 Å². The van der Waals surface area contributed by atoms with Crippen LogP contribution in [0.15, 0.2) is 41.1 Å². The van der Waals surface area contributed by atoms with Crippen LogP contribution in [0.25, 0.3) is 0 Å². The zero-order valence-electron chi connectivity index (χ0n) is 12.1. The van der Waals surface area contributed by atoms with Crippen molar-refractivity contribution >= 4 is 17.2 Å². The second-order valence-electron chi connectivity index (χ2n) is 4.98. The maximum absolute atomic E-state index is 11.8. The molecule has 5 heteroatoms. The maximum atomic E-state index is 11.8. The molecular formula is C16H19NO3S. The van der Waals surface area contributed by atoms with E-state index >= 15 is 0 Å². The molecule has 112 valence electrons. The average molecular weight is 305 g/mol. The third kappa shape index (κ3) is 4.58. The van der Waals surface area contributed by atoms with Crippen molar-refractivity contribution in [1.82, 2.24) is 5.32 Å². The lowest BCUT2D eigenvalue weighted by Gasteiger charge is -2.15. The number of hydrogen-bond donors (Lipinski definition) is 2. The number of hydrogen-bond acceptors (Lipinski definition) is 4. The van der Waals surface area contributed by atoms with Gasteiger partial charge in [-0.05, 0) is 43.0 Å². The van der Waals surface area contributed by atoms with Crippen LogP contribution >= 0.6 is 11.3 Å². The van der Waals surface area contributed by atoms with E-state index in [1.165, 1.54) is 11.3 Å². The van der Waals surface area contributed by atoms with Crippen LogP contribution in [0.3, 0.4) is 0 Å². The molecule has 0 fully saturated rings. The Labute approximate surface area is 128 Å². The van der Waals surface area contributed by atoms with Gasteiger partial charge in [-0.3, -0.25) is 4.79 Å². The fraction of sp³-hybridized carbons (Fsp3) is 0.312. The van der Waals surface area contributed by atoms with E-state index in [4.69, 9.17) is 4.74 Å². The van der Waals surface area contributed by atoms with Crippen LogP contribution in [0.2, 0.25) is 0 Å². The Morgan fingerprint density at radius 1 is 1.38 bits per heavy atom. The van der Waals surface area contributed by atoms with Crippen LogP contribution in [-0.4, -0.2) is 23.7 Å². The third-order valence-electron chi connectivity index (χ3n) is 2.85. The van der Waals surface area contributed by atoms with E-state index in [1.807, 2.05) is 37.4 Å². The van der Waals surface area contributed by atoms with Gasteiger partial charge in [0, 0.05) is 17.5 Å². The van der Waals surface area contributed by atoms with Crippen molar-refractivity contribution in [3.63, 3.8) is 0 Å². The molecule has 1 aromatic carbocycles. The smallest absolute Gasteiger partial charge is 0.252 e. The van der Waals surface area contributed by atoms with Gasteiger partial charge in [-0.15, -0.1) is 0 Å². The van der Waals surface area contributed by atoms with Crippen molar-refractivity contribution in [2.24, 2.45) is 0 Å². The zero-order valence-corrected chi connectivity index (χ0v) is 12.9. The van der Waals surface area contributed by atoms with Crippen LogP contribution < -0.4 is 10.1 Å². The monoisotopic (exact) mass is 305 g/mol. The Balaban J connectivity index is 1.94. The number of thiophene rings is 1. The molecule has 0 radical (unpaired) electrons. The number of amides is 1. The number of benzene rings is 1. The maximum Gasteiger partial charge on any atom is 0.252 e. The average Bonchev–Trinajstić information content (AvgIpc) is 2.98. The molecule has 1 amide bonds. The summed E-state index contributed by atoms with van der Waals surface area (Å²) in [4.78, 5) is 11.8. The van der Waals surface area contributed by atoms with Gasteiger partial charge in [0.05, 0.1) is 12.2 Å². The molecule has 0 aliphatic rings. The summed E-state index contributed by atoms with van der Waals surface area (Å²) in [6.07, 6.45) is -0.681. The predicted octanol–water partition coefficient (Wildman–Crippen LogP) is 3.00. The van der Waals surface area contributed by atoms with Gasteiger partial charge in [-0.25, -0.2) is 0 Å². The summed E-state index contributed by atoms with van der Waals surface area (Å²) in [6, 6.07) is 9.04. The minimum absolute atomic E-state index is 0.0793. The number of rotatable bonds is 6. The van der Waals surface area contributed by atoms with E-state index < -0.39 is 6.10 Å². The molecule has 0 unspecified atom stereocenters. The van der Waals surface area contributed by atoms with Crippen molar-refractivity contribution in [3.05, 3.63) is 52.2 Å². The van der Waals surface area contributed by atoms with Gasteiger partial charge in [-0.2, -0.15) is 11.3 Å². The van der Waals surface area contributed by atoms with Crippen molar-refractivity contribution < 1.29 is 14.6 Å². The second-order valence-corrected chi connectivity index (χ2v) is 5.76. The first-order chi connectivity index (χ1) is 10.1. The second kappa shape index (κ2) is 7.24. The van der Waals surface area contributed by atoms with Crippen LogP contribution in [0.5, 0.6) is 5.75 Å². The van der Waals surface area contributed by atoms with Crippen LogP contribution in [0.1, 0.15) is 35.9 Å². The molecule has 0 bridgehead atoms. The zero-order chi connectivity index (χ0) is 15.2. The van der Waals surface area contributed by atoms with Crippen LogP contribution in [0.4, 0.5) is 0 Å². The molecule has 0 spiro atoms. The fourth-order valence-corrected chi connectivity index (χ4v) is 2.51. The van der Waals surface area contributed by atoms with Gasteiger partial charge in [0.15, 0.2) is 0 Å². The molecule has 0 saturated heterocycles. The number of aliphatic hydroxyl groups is 1. The fourth-order valence-electron chi connectivity index (χ4n) is 1.87. The highest BCUT2D eigenvalue weighted by Crippen LogP contribution is 2.20. The highest BCUT2D eigenvalue weighted by atomic mass is 32.1. The Hall–Kier alpha value is -1.85. The number of aliphatic hydroxyl groups excluding tert-OH is 1. The number of nitrogens with one attached hydrogen (secondary N) is 1. The standard InChI is InChI=1S/C16H19NO3S/c1-11(2)20-14-5-3-4-12(8-14)15(18)9-17-16(19)13-6-7-21-10-13/h3-8,10-11,15,18H,9H2,1-2H3,(H,17,19)/t15-/m1/s1. The van der Waals surface area contributed by atoms with Gasteiger partial charge in [-0.1, -0.05) is 12.1 Å². The molecule has 21 heavy (non-hydrogen) atoms. The molecule has 0 saturated carbocycles. The lowest BCUT2D eigenvalue weighted by molar-refractivity contribution is 0.0916. The molecule has 2 rings (SSSR count). The van der Waals surface area contributed by atoms with Crippen LogP contribution in [0, 0.1) is 0 Å². The molecule has 2 N–H and O–H groups in total. The van der Waals surface area contributed by atoms with E-state index in [2.05, 4.69) is 5.32 Å². The number of ether oxygens (including phenoxy) is 1. The highest BCUT2D eigenvalue weighted by Gasteiger charge is 2.12. The first-order valence-electron chi connectivity index (χ1n) is 6.81. The van der Waals surface area contributed by atoms with Gasteiger partial charge < -0.3 is 15.2 Å². The lowest BCUT2D eigenvalue weighted by atomic mass is 10.1. The van der Waals surface area contributed by atoms with E-state index in [1.54, 1.807) is 17.5 Å². The summed E-state index contributed by atoms with van der Waals surface area (Å²) in [5.74, 6) is 0.538. The topological polar surface area (TPSA) is 58.6 Å². The van der Waals surface area contributed by atoms with E-state index in [9.17, 15) is 9.90 Å². The van der Waals surface area contributed by atoms with Crippen molar-refractivity contribution in [2.45, 2.75) is 26.1 Å². The Kier molecular flexibility index (Phi) is 5.36. The van der Waals surface area contributed by atoms with Crippen molar-refractivity contribution in [3.8, 4) is 5.75 Å². The summed E-state index contributed by atoms with van der Waals surface area (Å²) in [6.45, 7) is 4.06. The summed E-state index contributed by atoms with van der Waals surface area (Å²) in [7, 11) is 0. The SMILES string of the molecule is CC(C)Oc1cccc([C@H](O)CNC(=O)c2ccsc2)c1. The summed E-state index contributed by atoms with van der Waals surface area (Å²) < 4.78 is 5.59. The predicted molar refractivity (Wildman–Crippen MR) is 83.8 cm³/mol. The Morgan fingerprint density at radius 2 is 2.19 bits per heavy atom. The van der Waals surface area contributed by atoms with Crippen molar-refractivity contribution in [2.75, 3.05) is 6.54 Å². The minimum atomic E-state index is -0.761. The quantitative estimate of drug-likeness (QED) is 0.862. The minimum Gasteiger partial charge on any atom is -0.491 e. The Bertz CT molecular complexity index is 581. The largest absolute Gasteiger partial charge is 0.491 e. The molecule has 2 aromatic rings. The summed E-state index contributed by atoms with van der Waals surface area (Å²) in [5.41, 5.74) is 1.34. The van der Waals surface area contributed by atoms with Gasteiger partial charge in [0.25, 0.3) is 5.91 Å². The molecule has 1 aromatic heterocycles. The molecule has 0 aliphatic heterocycles.